The Labute approximate surface area is 110 Å². The van der Waals surface area contributed by atoms with Crippen molar-refractivity contribution in [3.05, 3.63) is 29.3 Å². The molecule has 0 radical (unpaired) electrons. The average molecular weight is 267 g/mol. The first kappa shape index (κ1) is 13.6. The summed E-state index contributed by atoms with van der Waals surface area (Å²) in [7, 11) is -3.11. The summed E-state index contributed by atoms with van der Waals surface area (Å²) < 4.78 is 24.6. The molecule has 0 amide bonds. The van der Waals surface area contributed by atoms with Crippen LogP contribution >= 0.6 is 0 Å². The normalized spacial score (nSPS) is 22.2. The number of fused-ring (bicyclic) bond motifs is 1. The molecular weight excluding hydrogens is 246 g/mol. The lowest BCUT2D eigenvalue weighted by molar-refractivity contribution is 0.493. The predicted octanol–water partition coefficient (Wildman–Crippen LogP) is 2.60. The molecule has 100 valence electrons. The first-order chi connectivity index (χ1) is 8.56. The van der Waals surface area contributed by atoms with Crippen LogP contribution in [0.1, 0.15) is 43.4 Å². The van der Waals surface area contributed by atoms with Crippen LogP contribution in [-0.4, -0.2) is 20.7 Å². The minimum absolute atomic E-state index is 0.178. The lowest BCUT2D eigenvalue weighted by Gasteiger charge is -2.19. The van der Waals surface area contributed by atoms with Gasteiger partial charge in [0.05, 0.1) is 10.6 Å². The summed E-state index contributed by atoms with van der Waals surface area (Å²) in [6.07, 6.45) is 2.69. The minimum Gasteiger partial charge on any atom is -0.310 e. The fourth-order valence-corrected chi connectivity index (χ4v) is 4.52. The first-order valence-electron chi connectivity index (χ1n) is 6.62. The summed E-state index contributed by atoms with van der Waals surface area (Å²) in [5.74, 6) is 0.273. The van der Waals surface area contributed by atoms with E-state index in [-0.39, 0.29) is 11.8 Å². The van der Waals surface area contributed by atoms with Gasteiger partial charge in [-0.15, -0.1) is 0 Å². The van der Waals surface area contributed by atoms with Crippen molar-refractivity contribution in [2.75, 3.05) is 12.3 Å². The smallest absolute Gasteiger partial charge is 0.178 e. The molecule has 0 saturated carbocycles. The number of benzene rings is 1. The topological polar surface area (TPSA) is 46.2 Å². The second-order valence-corrected chi connectivity index (χ2v) is 7.01. The maximum absolute atomic E-state index is 12.3. The summed E-state index contributed by atoms with van der Waals surface area (Å²) >= 11 is 0. The summed E-state index contributed by atoms with van der Waals surface area (Å²) in [5, 5.41) is 3.47. The van der Waals surface area contributed by atoms with E-state index in [0.29, 0.717) is 4.90 Å². The molecule has 0 saturated heterocycles. The van der Waals surface area contributed by atoms with Crippen molar-refractivity contribution in [1.82, 2.24) is 5.32 Å². The fraction of sp³-hybridized carbons (Fsp3) is 0.571. The van der Waals surface area contributed by atoms with Crippen LogP contribution in [0.15, 0.2) is 23.1 Å². The number of nitrogens with one attached hydrogen (secondary N) is 1. The lowest BCUT2D eigenvalue weighted by Crippen LogP contribution is -2.22. The van der Waals surface area contributed by atoms with Crippen LogP contribution in [-0.2, 0) is 9.84 Å². The van der Waals surface area contributed by atoms with Gasteiger partial charge in [0, 0.05) is 6.04 Å². The van der Waals surface area contributed by atoms with E-state index in [2.05, 4.69) is 12.2 Å². The molecule has 0 bridgehead atoms. The average Bonchev–Trinajstić information content (AvgIpc) is 2.44. The van der Waals surface area contributed by atoms with Crippen molar-refractivity contribution >= 4 is 9.84 Å². The van der Waals surface area contributed by atoms with E-state index in [9.17, 15) is 8.42 Å². The molecule has 0 aromatic heterocycles. The summed E-state index contributed by atoms with van der Waals surface area (Å²) in [4.78, 5) is 0.566. The van der Waals surface area contributed by atoms with Crippen LogP contribution in [0.5, 0.6) is 0 Å². The van der Waals surface area contributed by atoms with Crippen LogP contribution in [0.25, 0.3) is 0 Å². The van der Waals surface area contributed by atoms with Gasteiger partial charge in [-0.1, -0.05) is 25.1 Å². The molecule has 1 aliphatic heterocycles. The molecular formula is C14H21NO2S. The van der Waals surface area contributed by atoms with Gasteiger partial charge < -0.3 is 5.32 Å². The number of hydrogen-bond donors (Lipinski definition) is 1. The Morgan fingerprint density at radius 3 is 2.89 bits per heavy atom. The van der Waals surface area contributed by atoms with Gasteiger partial charge in [0.1, 0.15) is 0 Å². The molecule has 1 aliphatic rings. The molecule has 0 fully saturated rings. The van der Waals surface area contributed by atoms with Crippen molar-refractivity contribution in [1.29, 1.82) is 0 Å². The van der Waals surface area contributed by atoms with Crippen molar-refractivity contribution in [2.45, 2.75) is 44.0 Å². The van der Waals surface area contributed by atoms with Crippen LogP contribution < -0.4 is 5.32 Å². The van der Waals surface area contributed by atoms with E-state index in [1.54, 1.807) is 0 Å². The molecule has 2 rings (SSSR count). The van der Waals surface area contributed by atoms with Crippen molar-refractivity contribution in [2.24, 2.45) is 0 Å². The number of aryl methyl sites for hydroxylation is 1. The zero-order valence-corrected chi connectivity index (χ0v) is 11.9. The Morgan fingerprint density at radius 1 is 1.39 bits per heavy atom. The summed E-state index contributed by atoms with van der Waals surface area (Å²) in [6, 6.07) is 5.98. The third-order valence-corrected chi connectivity index (χ3v) is 5.48. The van der Waals surface area contributed by atoms with Gasteiger partial charge in [-0.3, -0.25) is 0 Å². The standard InChI is InChI=1S/C14H21NO2S/c1-3-9-15-13-8-5-10-18(16,17)14-11(2)6-4-7-12(13)14/h4,6-7,13,15H,3,5,8-10H2,1-2H3. The minimum atomic E-state index is -3.11. The molecule has 1 aromatic carbocycles. The highest BCUT2D eigenvalue weighted by Crippen LogP contribution is 2.33. The number of rotatable bonds is 3. The maximum Gasteiger partial charge on any atom is 0.178 e. The third kappa shape index (κ3) is 2.59. The quantitative estimate of drug-likeness (QED) is 0.915. The Morgan fingerprint density at radius 2 is 2.17 bits per heavy atom. The molecule has 1 aromatic rings. The second kappa shape index (κ2) is 5.41. The fourth-order valence-electron chi connectivity index (χ4n) is 2.64. The highest BCUT2D eigenvalue weighted by Gasteiger charge is 2.28. The van der Waals surface area contributed by atoms with E-state index in [1.165, 1.54) is 0 Å². The third-order valence-electron chi connectivity index (χ3n) is 3.48. The predicted molar refractivity (Wildman–Crippen MR) is 73.5 cm³/mol. The molecule has 1 heterocycles. The van der Waals surface area contributed by atoms with Crippen LogP contribution in [0.3, 0.4) is 0 Å². The van der Waals surface area contributed by atoms with Crippen LogP contribution in [0.2, 0.25) is 0 Å². The Balaban J connectivity index is 2.49. The highest BCUT2D eigenvalue weighted by atomic mass is 32.2. The Kier molecular flexibility index (Phi) is 4.07. The Hall–Kier alpha value is -0.870. The SMILES string of the molecule is CCCNC1CCCS(=O)(=O)c2c(C)cccc21. The van der Waals surface area contributed by atoms with Crippen LogP contribution in [0.4, 0.5) is 0 Å². The van der Waals surface area contributed by atoms with Crippen molar-refractivity contribution in [3.8, 4) is 0 Å². The van der Waals surface area contributed by atoms with E-state index in [0.717, 1.165) is 36.9 Å². The number of sulfone groups is 1. The maximum atomic E-state index is 12.3. The molecule has 0 aliphatic carbocycles. The molecule has 1 atom stereocenters. The lowest BCUT2D eigenvalue weighted by atomic mass is 10.0. The van der Waals surface area contributed by atoms with Gasteiger partial charge in [0.15, 0.2) is 9.84 Å². The van der Waals surface area contributed by atoms with Gasteiger partial charge in [0.2, 0.25) is 0 Å². The number of hydrogen-bond acceptors (Lipinski definition) is 3. The zero-order chi connectivity index (χ0) is 13.2. The van der Waals surface area contributed by atoms with E-state index >= 15 is 0 Å². The monoisotopic (exact) mass is 267 g/mol. The van der Waals surface area contributed by atoms with Crippen LogP contribution in [0, 0.1) is 6.92 Å². The molecule has 1 N–H and O–H groups in total. The molecule has 0 spiro atoms. The first-order valence-corrected chi connectivity index (χ1v) is 8.27. The van der Waals surface area contributed by atoms with Gasteiger partial charge in [-0.25, -0.2) is 8.42 Å². The van der Waals surface area contributed by atoms with E-state index in [4.69, 9.17) is 0 Å². The second-order valence-electron chi connectivity index (χ2n) is 4.96. The summed E-state index contributed by atoms with van der Waals surface area (Å²) in [5.41, 5.74) is 1.83. The molecule has 3 nitrogen and oxygen atoms in total. The molecule has 4 heteroatoms. The van der Waals surface area contributed by atoms with Gasteiger partial charge in [-0.05, 0) is 43.9 Å². The van der Waals surface area contributed by atoms with E-state index < -0.39 is 9.84 Å². The molecule has 18 heavy (non-hydrogen) atoms. The summed E-state index contributed by atoms with van der Waals surface area (Å²) in [6.45, 7) is 4.94. The largest absolute Gasteiger partial charge is 0.310 e. The van der Waals surface area contributed by atoms with Gasteiger partial charge in [-0.2, -0.15) is 0 Å². The zero-order valence-electron chi connectivity index (χ0n) is 11.1. The molecule has 1 unspecified atom stereocenters. The van der Waals surface area contributed by atoms with Crippen molar-refractivity contribution < 1.29 is 8.42 Å². The van der Waals surface area contributed by atoms with Crippen molar-refractivity contribution in [3.63, 3.8) is 0 Å². The van der Waals surface area contributed by atoms with Gasteiger partial charge >= 0.3 is 0 Å². The highest BCUT2D eigenvalue weighted by molar-refractivity contribution is 7.91. The van der Waals surface area contributed by atoms with E-state index in [1.807, 2.05) is 25.1 Å². The Bertz CT molecular complexity index is 523. The van der Waals surface area contributed by atoms with Gasteiger partial charge in [0.25, 0.3) is 0 Å².